The van der Waals surface area contributed by atoms with Crippen LogP contribution in [0, 0.1) is 11.8 Å². The molecule has 3 aliphatic heterocycles. The lowest BCUT2D eigenvalue weighted by atomic mass is 9.70. The highest BCUT2D eigenvalue weighted by molar-refractivity contribution is 5.98. The number of fused-ring (bicyclic) bond motifs is 1. The molecule has 3 saturated heterocycles. The van der Waals surface area contributed by atoms with Gasteiger partial charge in [-0.05, 0) is 30.4 Å². The van der Waals surface area contributed by atoms with Gasteiger partial charge < -0.3 is 25.4 Å². The first-order chi connectivity index (χ1) is 17.0. The van der Waals surface area contributed by atoms with Crippen molar-refractivity contribution < 1.29 is 24.2 Å². The van der Waals surface area contributed by atoms with Gasteiger partial charge in [-0.25, -0.2) is 0 Å². The fourth-order valence-corrected chi connectivity index (χ4v) is 6.02. The lowest BCUT2D eigenvalue weighted by Crippen LogP contribution is -2.55. The van der Waals surface area contributed by atoms with Gasteiger partial charge in [0, 0.05) is 26.2 Å². The largest absolute Gasteiger partial charge is 0.396 e. The number of carbonyl (C=O) groups is 3. The third kappa shape index (κ3) is 4.21. The van der Waals surface area contributed by atoms with Crippen molar-refractivity contribution in [1.82, 2.24) is 15.5 Å². The molecule has 8 heteroatoms. The summed E-state index contributed by atoms with van der Waals surface area (Å²) in [5.74, 6) is -2.08. The number of ether oxygens (including phenoxy) is 1. The molecule has 2 aromatic carbocycles. The highest BCUT2D eigenvalue weighted by Crippen LogP contribution is 2.58. The smallest absolute Gasteiger partial charge is 0.246 e. The number of carbonyl (C=O) groups excluding carboxylic acids is 3. The molecule has 2 bridgehead atoms. The van der Waals surface area contributed by atoms with E-state index in [0.717, 1.165) is 11.1 Å². The Balaban J connectivity index is 1.37. The molecule has 5 atom stereocenters. The Morgan fingerprint density at radius 2 is 1.57 bits per heavy atom. The zero-order valence-electron chi connectivity index (χ0n) is 19.6. The first-order valence-electron chi connectivity index (χ1n) is 12.3. The van der Waals surface area contributed by atoms with Gasteiger partial charge >= 0.3 is 0 Å². The van der Waals surface area contributed by atoms with Crippen molar-refractivity contribution in [2.24, 2.45) is 11.8 Å². The maximum atomic E-state index is 13.7. The minimum atomic E-state index is -1.02. The second-order valence-electron chi connectivity index (χ2n) is 9.57. The van der Waals surface area contributed by atoms with Crippen LogP contribution in [0.2, 0.25) is 0 Å². The summed E-state index contributed by atoms with van der Waals surface area (Å²) in [6.45, 7) is 0.850. The Morgan fingerprint density at radius 1 is 0.971 bits per heavy atom. The molecule has 3 N–H and O–H groups in total. The van der Waals surface area contributed by atoms with Gasteiger partial charge in [-0.2, -0.15) is 0 Å². The Labute approximate surface area is 204 Å². The third-order valence-corrected chi connectivity index (χ3v) is 7.53. The summed E-state index contributed by atoms with van der Waals surface area (Å²) in [6.07, 6.45) is 1.15. The van der Waals surface area contributed by atoms with E-state index in [0.29, 0.717) is 32.4 Å². The Morgan fingerprint density at radius 3 is 2.17 bits per heavy atom. The Kier molecular flexibility index (Phi) is 6.58. The number of nitrogens with zero attached hydrogens (tertiary/aromatic N) is 1. The van der Waals surface area contributed by atoms with Crippen molar-refractivity contribution >= 4 is 17.7 Å². The van der Waals surface area contributed by atoms with Gasteiger partial charge in [0.15, 0.2) is 0 Å². The number of aliphatic hydroxyl groups is 1. The molecular weight excluding hydrogens is 446 g/mol. The maximum absolute atomic E-state index is 13.7. The van der Waals surface area contributed by atoms with E-state index in [2.05, 4.69) is 10.6 Å². The summed E-state index contributed by atoms with van der Waals surface area (Å²) in [5, 5.41) is 15.4. The summed E-state index contributed by atoms with van der Waals surface area (Å²) < 4.78 is 6.39. The molecule has 8 nitrogen and oxygen atoms in total. The number of amides is 3. The molecule has 5 rings (SSSR count). The van der Waals surface area contributed by atoms with Crippen LogP contribution in [0.4, 0.5) is 0 Å². The molecule has 3 fully saturated rings. The van der Waals surface area contributed by atoms with E-state index in [1.165, 1.54) is 4.90 Å². The molecule has 3 heterocycles. The normalized spacial score (nSPS) is 28.7. The molecule has 3 aliphatic rings. The van der Waals surface area contributed by atoms with Crippen LogP contribution in [-0.2, 0) is 32.2 Å². The molecule has 2 unspecified atom stereocenters. The monoisotopic (exact) mass is 477 g/mol. The molecular formula is C27H31N3O5. The standard InChI is InChI=1S/C27H31N3O5/c31-15-7-14-30-23(25(33)29-17-19-10-5-2-6-11-19)27-13-12-20(35-27)21(22(27)26(30)34)24(32)28-16-18-8-3-1-4-9-18/h1-6,8-11,20-23,31H,7,12-17H2,(H,28,32)(H,29,33)/t20-,21+,22-,23?,27?/m0/s1. The second kappa shape index (κ2) is 9.79. The number of nitrogens with one attached hydrogen (secondary N) is 2. The molecule has 0 radical (unpaired) electrons. The van der Waals surface area contributed by atoms with Crippen molar-refractivity contribution in [3.05, 3.63) is 71.8 Å². The fourth-order valence-electron chi connectivity index (χ4n) is 6.02. The summed E-state index contributed by atoms with van der Waals surface area (Å²) in [6, 6.07) is 18.4. The maximum Gasteiger partial charge on any atom is 0.246 e. The molecule has 1 spiro atoms. The predicted molar refractivity (Wildman–Crippen MR) is 128 cm³/mol. The molecule has 0 saturated carbocycles. The fraction of sp³-hybridized carbons (Fsp3) is 0.444. The average Bonchev–Trinajstić information content (AvgIpc) is 3.53. The van der Waals surface area contributed by atoms with E-state index in [-0.39, 0.29) is 37.0 Å². The zero-order valence-corrected chi connectivity index (χ0v) is 19.6. The zero-order chi connectivity index (χ0) is 24.4. The van der Waals surface area contributed by atoms with Gasteiger partial charge in [0.05, 0.1) is 17.9 Å². The molecule has 0 aliphatic carbocycles. The van der Waals surface area contributed by atoms with Crippen LogP contribution < -0.4 is 10.6 Å². The molecule has 2 aromatic rings. The molecule has 184 valence electrons. The van der Waals surface area contributed by atoms with Crippen LogP contribution in [0.3, 0.4) is 0 Å². The van der Waals surface area contributed by atoms with E-state index in [1.54, 1.807) is 0 Å². The predicted octanol–water partition coefficient (Wildman–Crippen LogP) is 1.38. The van der Waals surface area contributed by atoms with Crippen LogP contribution in [0.15, 0.2) is 60.7 Å². The highest BCUT2D eigenvalue weighted by Gasteiger charge is 2.74. The quantitative estimate of drug-likeness (QED) is 0.506. The van der Waals surface area contributed by atoms with Gasteiger partial charge in [-0.15, -0.1) is 0 Å². The Hall–Kier alpha value is -3.23. The first-order valence-corrected chi connectivity index (χ1v) is 12.3. The van der Waals surface area contributed by atoms with E-state index in [1.807, 2.05) is 60.7 Å². The van der Waals surface area contributed by atoms with Crippen molar-refractivity contribution in [3.63, 3.8) is 0 Å². The highest BCUT2D eigenvalue weighted by atomic mass is 16.5. The van der Waals surface area contributed by atoms with Gasteiger partial charge in [0.2, 0.25) is 17.7 Å². The van der Waals surface area contributed by atoms with Crippen LogP contribution in [-0.4, -0.2) is 58.6 Å². The van der Waals surface area contributed by atoms with E-state index in [9.17, 15) is 19.5 Å². The van der Waals surface area contributed by atoms with Crippen LogP contribution >= 0.6 is 0 Å². The SMILES string of the molecule is O=C(NCc1ccccc1)C1N(CCCO)C(=O)[C@@H]2[C@H](C(=O)NCc3ccccc3)[C@@H]3CCC12O3. The number of rotatable bonds is 9. The number of hydrogen-bond donors (Lipinski definition) is 3. The van der Waals surface area contributed by atoms with Crippen LogP contribution in [0.5, 0.6) is 0 Å². The number of aliphatic hydroxyl groups excluding tert-OH is 1. The van der Waals surface area contributed by atoms with E-state index in [4.69, 9.17) is 4.74 Å². The number of likely N-dealkylation sites (tertiary alicyclic amines) is 1. The number of hydrogen-bond acceptors (Lipinski definition) is 5. The minimum absolute atomic E-state index is 0.0930. The van der Waals surface area contributed by atoms with Crippen molar-refractivity contribution in [2.45, 2.75) is 50.1 Å². The van der Waals surface area contributed by atoms with E-state index >= 15 is 0 Å². The van der Waals surface area contributed by atoms with Gasteiger partial charge in [-0.1, -0.05) is 60.7 Å². The van der Waals surface area contributed by atoms with Crippen molar-refractivity contribution in [1.29, 1.82) is 0 Å². The number of benzene rings is 2. The van der Waals surface area contributed by atoms with E-state index < -0.39 is 23.5 Å². The minimum Gasteiger partial charge on any atom is -0.396 e. The van der Waals surface area contributed by atoms with Crippen molar-refractivity contribution in [2.75, 3.05) is 13.2 Å². The summed E-state index contributed by atoms with van der Waals surface area (Å²) in [7, 11) is 0. The lowest BCUT2D eigenvalue weighted by molar-refractivity contribution is -0.142. The van der Waals surface area contributed by atoms with Crippen LogP contribution in [0.1, 0.15) is 30.4 Å². The van der Waals surface area contributed by atoms with Gasteiger partial charge in [0.25, 0.3) is 0 Å². The second-order valence-corrected chi connectivity index (χ2v) is 9.57. The molecule has 35 heavy (non-hydrogen) atoms. The lowest BCUT2D eigenvalue weighted by Gasteiger charge is -2.33. The summed E-state index contributed by atoms with van der Waals surface area (Å²) in [5.41, 5.74) is 0.906. The van der Waals surface area contributed by atoms with Gasteiger partial charge in [-0.3, -0.25) is 14.4 Å². The average molecular weight is 478 g/mol. The van der Waals surface area contributed by atoms with Crippen LogP contribution in [0.25, 0.3) is 0 Å². The van der Waals surface area contributed by atoms with Gasteiger partial charge in [0.1, 0.15) is 11.6 Å². The molecule has 0 aromatic heterocycles. The third-order valence-electron chi connectivity index (χ3n) is 7.53. The topological polar surface area (TPSA) is 108 Å². The first kappa shape index (κ1) is 23.5. The summed E-state index contributed by atoms with van der Waals surface area (Å²) >= 11 is 0. The summed E-state index contributed by atoms with van der Waals surface area (Å²) in [4.78, 5) is 42.0. The Bertz CT molecular complexity index is 1080. The molecule has 3 amide bonds. The van der Waals surface area contributed by atoms with Crippen molar-refractivity contribution in [3.8, 4) is 0 Å².